The first kappa shape index (κ1) is 15.2. The van der Waals surface area contributed by atoms with Crippen LogP contribution in [0.25, 0.3) is 6.08 Å². The lowest BCUT2D eigenvalue weighted by molar-refractivity contribution is -0.138. The van der Waals surface area contributed by atoms with Crippen molar-refractivity contribution in [3.63, 3.8) is 0 Å². The van der Waals surface area contributed by atoms with Gasteiger partial charge in [0.05, 0.1) is 6.61 Å². The third-order valence-electron chi connectivity index (χ3n) is 2.63. The molecule has 0 fully saturated rings. The molecule has 0 N–H and O–H groups in total. The maximum Gasteiger partial charge on any atom is 0.334 e. The van der Waals surface area contributed by atoms with Gasteiger partial charge in [-0.1, -0.05) is 60.7 Å². The number of esters is 1. The molecule has 0 saturated heterocycles. The second-order valence-electron chi connectivity index (χ2n) is 4.35. The fraction of sp³-hybridized carbons (Fsp3) is 0.400. The van der Waals surface area contributed by atoms with Crippen LogP contribution >= 0.6 is 22.6 Å². The van der Waals surface area contributed by atoms with E-state index in [1.165, 1.54) is 5.56 Å². The lowest BCUT2D eigenvalue weighted by Gasteiger charge is -2.06. The Labute approximate surface area is 123 Å². The SMILES string of the molecule is CCOC(=O)/C(=C/c1ccc(C(C)C)cc1)CI. The number of hydrogen-bond donors (Lipinski definition) is 0. The smallest absolute Gasteiger partial charge is 0.334 e. The van der Waals surface area contributed by atoms with Crippen LogP contribution in [0.5, 0.6) is 0 Å². The van der Waals surface area contributed by atoms with Gasteiger partial charge >= 0.3 is 5.97 Å². The minimum Gasteiger partial charge on any atom is -0.463 e. The van der Waals surface area contributed by atoms with Gasteiger partial charge < -0.3 is 4.74 Å². The van der Waals surface area contributed by atoms with Crippen LogP contribution in [0.4, 0.5) is 0 Å². The van der Waals surface area contributed by atoms with Gasteiger partial charge in [-0.15, -0.1) is 0 Å². The van der Waals surface area contributed by atoms with Crippen LogP contribution in [0.2, 0.25) is 0 Å². The quantitative estimate of drug-likeness (QED) is 0.341. The van der Waals surface area contributed by atoms with Crippen molar-refractivity contribution < 1.29 is 9.53 Å². The molecule has 1 rings (SSSR count). The second kappa shape index (κ2) is 7.56. The number of halogens is 1. The van der Waals surface area contributed by atoms with Crippen LogP contribution in [-0.4, -0.2) is 17.0 Å². The molecule has 0 radical (unpaired) electrons. The highest BCUT2D eigenvalue weighted by molar-refractivity contribution is 14.1. The van der Waals surface area contributed by atoms with Crippen molar-refractivity contribution in [2.75, 3.05) is 11.0 Å². The Hall–Kier alpha value is -0.840. The monoisotopic (exact) mass is 358 g/mol. The summed E-state index contributed by atoms with van der Waals surface area (Å²) in [7, 11) is 0. The number of ether oxygens (including phenoxy) is 1. The Bertz CT molecular complexity index is 419. The molecule has 0 aromatic heterocycles. The van der Waals surface area contributed by atoms with E-state index in [4.69, 9.17) is 4.74 Å². The third kappa shape index (κ3) is 4.44. The molecule has 3 heteroatoms. The van der Waals surface area contributed by atoms with Crippen molar-refractivity contribution in [2.24, 2.45) is 0 Å². The molecular formula is C15H19IO2. The predicted molar refractivity (Wildman–Crippen MR) is 84.0 cm³/mol. The zero-order chi connectivity index (χ0) is 13.5. The zero-order valence-electron chi connectivity index (χ0n) is 11.1. The van der Waals surface area contributed by atoms with E-state index in [1.54, 1.807) is 0 Å². The molecule has 98 valence electrons. The van der Waals surface area contributed by atoms with Crippen LogP contribution in [0, 0.1) is 0 Å². The van der Waals surface area contributed by atoms with Crippen LogP contribution < -0.4 is 0 Å². The summed E-state index contributed by atoms with van der Waals surface area (Å²) in [5.74, 6) is 0.303. The number of benzene rings is 1. The number of alkyl halides is 1. The number of rotatable bonds is 5. The Balaban J connectivity index is 2.88. The number of carbonyl (C=O) groups is 1. The van der Waals surface area contributed by atoms with Crippen molar-refractivity contribution >= 4 is 34.6 Å². The Morgan fingerprint density at radius 1 is 1.33 bits per heavy atom. The highest BCUT2D eigenvalue weighted by atomic mass is 127. The first-order valence-electron chi connectivity index (χ1n) is 6.12. The van der Waals surface area contributed by atoms with Crippen LogP contribution in [0.3, 0.4) is 0 Å². The van der Waals surface area contributed by atoms with Crippen molar-refractivity contribution in [3.8, 4) is 0 Å². The van der Waals surface area contributed by atoms with E-state index in [0.717, 1.165) is 5.56 Å². The predicted octanol–water partition coefficient (Wildman–Crippen LogP) is 4.19. The van der Waals surface area contributed by atoms with Gasteiger partial charge in [-0.2, -0.15) is 0 Å². The molecule has 1 aromatic carbocycles. The Kier molecular flexibility index (Phi) is 6.39. The molecular weight excluding hydrogens is 339 g/mol. The van der Waals surface area contributed by atoms with Gasteiger partial charge in [0, 0.05) is 10.0 Å². The molecule has 0 amide bonds. The molecule has 0 bridgehead atoms. The lowest BCUT2D eigenvalue weighted by atomic mass is 10.0. The van der Waals surface area contributed by atoms with E-state index in [1.807, 2.05) is 25.1 Å². The fourth-order valence-electron chi connectivity index (χ4n) is 1.55. The molecule has 1 aromatic rings. The number of carbonyl (C=O) groups excluding carboxylic acids is 1. The molecule has 0 saturated carbocycles. The van der Waals surface area contributed by atoms with E-state index in [0.29, 0.717) is 22.5 Å². The standard InChI is InChI=1S/C15H19IO2/c1-4-18-15(17)14(10-16)9-12-5-7-13(8-6-12)11(2)3/h5-9,11H,4,10H2,1-3H3/b14-9+. The summed E-state index contributed by atoms with van der Waals surface area (Å²) in [6.45, 7) is 6.57. The van der Waals surface area contributed by atoms with Crippen LogP contribution in [0.1, 0.15) is 37.8 Å². The molecule has 0 heterocycles. The van der Waals surface area contributed by atoms with Gasteiger partial charge in [0.15, 0.2) is 0 Å². The second-order valence-corrected chi connectivity index (χ2v) is 5.11. The van der Waals surface area contributed by atoms with E-state index in [-0.39, 0.29) is 5.97 Å². The fourth-order valence-corrected chi connectivity index (χ4v) is 2.09. The minimum atomic E-state index is -0.222. The normalized spacial score (nSPS) is 11.7. The summed E-state index contributed by atoms with van der Waals surface area (Å²) < 4.78 is 5.67. The first-order valence-corrected chi connectivity index (χ1v) is 7.64. The molecule has 18 heavy (non-hydrogen) atoms. The molecule has 0 unspecified atom stereocenters. The van der Waals surface area contributed by atoms with Gasteiger partial charge in [0.1, 0.15) is 0 Å². The lowest BCUT2D eigenvalue weighted by Crippen LogP contribution is -2.08. The molecule has 0 aliphatic carbocycles. The minimum absolute atomic E-state index is 0.222. The Morgan fingerprint density at radius 3 is 2.39 bits per heavy atom. The van der Waals surface area contributed by atoms with Crippen molar-refractivity contribution in [3.05, 3.63) is 41.0 Å². The maximum absolute atomic E-state index is 11.7. The molecule has 0 atom stereocenters. The summed E-state index contributed by atoms with van der Waals surface area (Å²) in [6, 6.07) is 8.29. The molecule has 0 aliphatic rings. The largest absolute Gasteiger partial charge is 0.463 e. The van der Waals surface area contributed by atoms with E-state index < -0.39 is 0 Å². The number of hydrogen-bond acceptors (Lipinski definition) is 2. The molecule has 0 aliphatic heterocycles. The first-order chi connectivity index (χ1) is 8.58. The van der Waals surface area contributed by atoms with Gasteiger partial charge in [0.2, 0.25) is 0 Å². The summed E-state index contributed by atoms with van der Waals surface area (Å²) in [6.07, 6.45) is 1.90. The van der Waals surface area contributed by atoms with Gasteiger partial charge in [0.25, 0.3) is 0 Å². The summed E-state index contributed by atoms with van der Waals surface area (Å²) in [4.78, 5) is 11.7. The van der Waals surface area contributed by atoms with E-state index >= 15 is 0 Å². The summed E-state index contributed by atoms with van der Waals surface area (Å²) in [5, 5.41) is 0. The van der Waals surface area contributed by atoms with Gasteiger partial charge in [-0.3, -0.25) is 0 Å². The topological polar surface area (TPSA) is 26.3 Å². The third-order valence-corrected chi connectivity index (χ3v) is 3.45. The zero-order valence-corrected chi connectivity index (χ0v) is 13.2. The molecule has 0 spiro atoms. The highest BCUT2D eigenvalue weighted by Gasteiger charge is 2.08. The van der Waals surface area contributed by atoms with E-state index in [2.05, 4.69) is 48.6 Å². The van der Waals surface area contributed by atoms with Gasteiger partial charge in [-0.25, -0.2) is 4.79 Å². The van der Waals surface area contributed by atoms with Crippen molar-refractivity contribution in [1.82, 2.24) is 0 Å². The van der Waals surface area contributed by atoms with E-state index in [9.17, 15) is 4.79 Å². The maximum atomic E-state index is 11.7. The van der Waals surface area contributed by atoms with Crippen LogP contribution in [-0.2, 0) is 9.53 Å². The Morgan fingerprint density at radius 2 is 1.94 bits per heavy atom. The van der Waals surface area contributed by atoms with Crippen molar-refractivity contribution in [2.45, 2.75) is 26.7 Å². The summed E-state index contributed by atoms with van der Waals surface area (Å²) >= 11 is 2.18. The average molecular weight is 358 g/mol. The highest BCUT2D eigenvalue weighted by Crippen LogP contribution is 2.17. The molecule has 2 nitrogen and oxygen atoms in total. The van der Waals surface area contributed by atoms with Gasteiger partial charge in [-0.05, 0) is 30.0 Å². The average Bonchev–Trinajstić information content (AvgIpc) is 2.36. The van der Waals surface area contributed by atoms with Crippen molar-refractivity contribution in [1.29, 1.82) is 0 Å². The summed E-state index contributed by atoms with van der Waals surface area (Å²) in [5.41, 5.74) is 3.05. The van der Waals surface area contributed by atoms with Crippen LogP contribution in [0.15, 0.2) is 29.8 Å².